The molecule has 0 bridgehead atoms. The van der Waals surface area contributed by atoms with Crippen LogP contribution < -0.4 is 5.32 Å². The second-order valence-corrected chi connectivity index (χ2v) is 23.7. The van der Waals surface area contributed by atoms with E-state index < -0.39 is 39.4 Å². The Bertz CT molecular complexity index is 1450. The summed E-state index contributed by atoms with van der Waals surface area (Å²) in [6.07, 6.45) is 27.1. The molecule has 2 N–H and O–H groups in total. The Balaban J connectivity index is 1.24. The Morgan fingerprint density at radius 2 is 1.51 bits per heavy atom. The van der Waals surface area contributed by atoms with Crippen molar-refractivity contribution in [2.24, 2.45) is 46.3 Å². The molecule has 0 spiro atoms. The predicted molar refractivity (Wildman–Crippen MR) is 253 cm³/mol. The van der Waals surface area contributed by atoms with E-state index in [9.17, 15) is 19.0 Å². The van der Waals surface area contributed by atoms with E-state index in [0.717, 1.165) is 68.1 Å². The molecule has 3 saturated carbocycles. The molecule has 1 amide bonds. The maximum absolute atomic E-state index is 13.2. The lowest BCUT2D eigenvalue weighted by atomic mass is 9.47. The van der Waals surface area contributed by atoms with Gasteiger partial charge in [-0.25, -0.2) is 14.2 Å². The standard InChI is InChI=1S/C51H93N2O9P/c1-10-11-12-13-14-15-16-17-18-19-20-21-33-52-48(54)61-43(38-60-63(56,57)59-35-34-53(7,8)9)37-58-49(55)62-42-29-31-50(5)41(36-42)25-26-44-46-28-27-45(40(4)24-22-23-39(2)3)51(46,6)32-30-47(44)50/h25,39-40,42-47H,10-24,26-38H2,1-9H3,(H-,52,54,56,57)/p+1/t40-,42+,43?,44+,45-,46+,47+,50+,51-/m1/s1. The van der Waals surface area contributed by atoms with E-state index in [1.54, 1.807) is 0 Å². The molecule has 0 aromatic rings. The van der Waals surface area contributed by atoms with Gasteiger partial charge in [-0.05, 0) is 97.7 Å². The lowest BCUT2D eigenvalue weighted by Gasteiger charge is -2.58. The molecule has 3 fully saturated rings. The number of likely N-dealkylation sites (N-methyl/N-ethyl adjacent to an activating group) is 1. The Kier molecular flexibility index (Phi) is 22.3. The van der Waals surface area contributed by atoms with Gasteiger partial charge in [0.1, 0.15) is 25.9 Å². The fourth-order valence-corrected chi connectivity index (χ4v) is 12.9. The van der Waals surface area contributed by atoms with E-state index in [-0.39, 0.29) is 18.1 Å². The smallest absolute Gasteiger partial charge is 0.440 e. The number of hydrogen-bond acceptors (Lipinski definition) is 8. The lowest BCUT2D eigenvalue weighted by Crippen LogP contribution is -2.51. The molecule has 11 nitrogen and oxygen atoms in total. The van der Waals surface area contributed by atoms with Gasteiger partial charge in [-0.3, -0.25) is 9.05 Å². The molecule has 0 aromatic heterocycles. The summed E-state index contributed by atoms with van der Waals surface area (Å²) < 4.78 is 40.6. The highest BCUT2D eigenvalue weighted by molar-refractivity contribution is 7.47. The average Bonchev–Trinajstić information content (AvgIpc) is 3.57. The van der Waals surface area contributed by atoms with E-state index in [0.29, 0.717) is 35.3 Å². The van der Waals surface area contributed by atoms with Crippen molar-refractivity contribution in [1.82, 2.24) is 5.32 Å². The monoisotopic (exact) mass is 910 g/mol. The second kappa shape index (κ2) is 26.0. The van der Waals surface area contributed by atoms with Crippen LogP contribution in [0.3, 0.4) is 0 Å². The topological polar surface area (TPSA) is 130 Å². The highest BCUT2D eigenvalue weighted by Crippen LogP contribution is 2.67. The number of fused-ring (bicyclic) bond motifs is 5. The highest BCUT2D eigenvalue weighted by atomic mass is 31.2. The van der Waals surface area contributed by atoms with E-state index in [2.05, 4.69) is 52.9 Å². The van der Waals surface area contributed by atoms with Crippen molar-refractivity contribution in [2.75, 3.05) is 54.1 Å². The summed E-state index contributed by atoms with van der Waals surface area (Å²) in [7, 11) is 1.38. The van der Waals surface area contributed by atoms with Crippen molar-refractivity contribution in [3.8, 4) is 0 Å². The SMILES string of the molecule is CCCCCCCCCCCCCCNC(=O)OC(COC(=O)O[C@H]1CC[C@@]2(C)C(=CC[C@H]3[C@@H]4CC[C@H]([C@H](C)CCCC(C)C)[C@@]4(C)CC[C@@H]32)C1)COP(=O)(O)OCC[N+](C)(C)C. The molecule has 12 heteroatoms. The van der Waals surface area contributed by atoms with Crippen molar-refractivity contribution >= 4 is 20.1 Å². The highest BCUT2D eigenvalue weighted by Gasteiger charge is 2.59. The maximum Gasteiger partial charge on any atom is 0.508 e. The van der Waals surface area contributed by atoms with Gasteiger partial charge >= 0.3 is 20.1 Å². The van der Waals surface area contributed by atoms with Crippen LogP contribution >= 0.6 is 7.82 Å². The molecule has 0 aromatic carbocycles. The normalized spacial score (nSPS) is 28.8. The van der Waals surface area contributed by atoms with Crippen LogP contribution in [0.15, 0.2) is 11.6 Å². The van der Waals surface area contributed by atoms with Crippen LogP contribution in [0, 0.1) is 46.3 Å². The molecule has 0 saturated heterocycles. The van der Waals surface area contributed by atoms with E-state index in [1.165, 1.54) is 108 Å². The Hall–Kier alpha value is -1.65. The van der Waals surface area contributed by atoms with Gasteiger partial charge in [0.25, 0.3) is 0 Å². The van der Waals surface area contributed by atoms with Crippen molar-refractivity contribution in [2.45, 2.75) is 201 Å². The van der Waals surface area contributed by atoms with Gasteiger partial charge in [-0.15, -0.1) is 0 Å². The second-order valence-electron chi connectivity index (χ2n) is 22.3. The number of phosphoric acid groups is 1. The summed E-state index contributed by atoms with van der Waals surface area (Å²) in [4.78, 5) is 36.4. The zero-order chi connectivity index (χ0) is 46.1. The summed E-state index contributed by atoms with van der Waals surface area (Å²) in [5.74, 6) is 4.59. The van der Waals surface area contributed by atoms with Crippen LogP contribution in [-0.4, -0.2) is 87.9 Å². The molecule has 0 heterocycles. The van der Waals surface area contributed by atoms with Crippen LogP contribution in [0.4, 0.5) is 9.59 Å². The Morgan fingerprint density at radius 1 is 0.841 bits per heavy atom. The minimum atomic E-state index is -4.46. The molecule has 2 unspecified atom stereocenters. The first-order valence-electron chi connectivity index (χ1n) is 25.8. The molecule has 4 rings (SSSR count). The van der Waals surface area contributed by atoms with Crippen molar-refractivity contribution in [3.05, 3.63) is 11.6 Å². The molecule has 63 heavy (non-hydrogen) atoms. The van der Waals surface area contributed by atoms with E-state index in [1.807, 2.05) is 21.1 Å². The zero-order valence-corrected chi connectivity index (χ0v) is 42.5. The summed E-state index contributed by atoms with van der Waals surface area (Å²) in [5.41, 5.74) is 1.99. The molecule has 10 atom stereocenters. The third-order valence-corrected chi connectivity index (χ3v) is 16.9. The van der Waals surface area contributed by atoms with Crippen LogP contribution in [0.25, 0.3) is 0 Å². The van der Waals surface area contributed by atoms with Gasteiger partial charge in [-0.1, -0.05) is 143 Å². The van der Waals surface area contributed by atoms with Gasteiger partial charge < -0.3 is 28.9 Å². The molecule has 366 valence electrons. The first-order valence-corrected chi connectivity index (χ1v) is 27.3. The number of rotatable bonds is 29. The number of phosphoric ester groups is 1. The van der Waals surface area contributed by atoms with Gasteiger partial charge in [0.05, 0.1) is 27.7 Å². The number of allylic oxidation sites excluding steroid dienone is 1. The van der Waals surface area contributed by atoms with Gasteiger partial charge in [0.15, 0.2) is 6.10 Å². The summed E-state index contributed by atoms with van der Waals surface area (Å²) in [6, 6.07) is 0. The van der Waals surface area contributed by atoms with E-state index >= 15 is 0 Å². The first-order chi connectivity index (χ1) is 29.9. The minimum absolute atomic E-state index is 0.00180. The van der Waals surface area contributed by atoms with Crippen LogP contribution in [0.2, 0.25) is 0 Å². The predicted octanol–water partition coefficient (Wildman–Crippen LogP) is 13.2. The lowest BCUT2D eigenvalue weighted by molar-refractivity contribution is -0.870. The van der Waals surface area contributed by atoms with Gasteiger partial charge in [0.2, 0.25) is 0 Å². The number of unbranched alkanes of at least 4 members (excludes halogenated alkanes) is 11. The Labute approximate surface area is 384 Å². The number of nitrogens with zero attached hydrogens (tertiary/aromatic N) is 1. The number of ether oxygens (including phenoxy) is 3. The molecule has 0 aliphatic heterocycles. The number of quaternary nitrogens is 1. The zero-order valence-electron chi connectivity index (χ0n) is 41.6. The van der Waals surface area contributed by atoms with Crippen LogP contribution in [0.5, 0.6) is 0 Å². The maximum atomic E-state index is 13.2. The number of carbonyl (C=O) groups is 2. The quantitative estimate of drug-likeness (QED) is 0.0248. The molecule has 4 aliphatic rings. The average molecular weight is 910 g/mol. The fourth-order valence-electron chi connectivity index (χ4n) is 12.2. The third kappa shape index (κ3) is 17.5. The van der Waals surface area contributed by atoms with E-state index in [4.69, 9.17) is 23.3 Å². The summed E-state index contributed by atoms with van der Waals surface area (Å²) in [5, 5.41) is 2.77. The molecule has 0 radical (unpaired) electrons. The minimum Gasteiger partial charge on any atom is -0.440 e. The Morgan fingerprint density at radius 3 is 2.16 bits per heavy atom. The van der Waals surface area contributed by atoms with Crippen molar-refractivity contribution in [1.29, 1.82) is 0 Å². The number of alkyl carbamates (subject to hydrolysis) is 1. The van der Waals surface area contributed by atoms with Crippen molar-refractivity contribution < 1.29 is 46.8 Å². The molecule has 4 aliphatic carbocycles. The largest absolute Gasteiger partial charge is 0.508 e. The van der Waals surface area contributed by atoms with Crippen LogP contribution in [-0.2, 0) is 27.8 Å². The van der Waals surface area contributed by atoms with Crippen molar-refractivity contribution in [3.63, 3.8) is 0 Å². The van der Waals surface area contributed by atoms with Gasteiger partial charge in [0, 0.05) is 13.0 Å². The third-order valence-electron chi connectivity index (χ3n) is 15.9. The molecular formula is C51H94N2O9P+. The first kappa shape index (κ1) is 54.0. The number of nitrogens with one attached hydrogen (secondary N) is 1. The molecular weight excluding hydrogens is 816 g/mol. The summed E-state index contributed by atoms with van der Waals surface area (Å²) >= 11 is 0. The number of carbonyl (C=O) groups excluding carboxylic acids is 2. The fraction of sp³-hybridized carbons (Fsp3) is 0.922. The summed E-state index contributed by atoms with van der Waals surface area (Å²) in [6.45, 7) is 14.6. The van der Waals surface area contributed by atoms with Gasteiger partial charge in [-0.2, -0.15) is 0 Å². The number of hydrogen-bond donors (Lipinski definition) is 2. The number of amides is 1. The van der Waals surface area contributed by atoms with Crippen LogP contribution in [0.1, 0.15) is 189 Å².